The van der Waals surface area contributed by atoms with E-state index in [0.29, 0.717) is 24.8 Å². The fourth-order valence-corrected chi connectivity index (χ4v) is 1.97. The Hall–Kier alpha value is -2.76. The number of nitrogens with one attached hydrogen (secondary N) is 1. The summed E-state index contributed by atoms with van der Waals surface area (Å²) in [6, 6.07) is 0. The monoisotopic (exact) mass is 345 g/mol. The Morgan fingerprint density at radius 2 is 2.08 bits per heavy atom. The van der Waals surface area contributed by atoms with Crippen LogP contribution in [-0.2, 0) is 0 Å². The Morgan fingerprint density at radius 3 is 2.68 bits per heavy atom. The zero-order valence-corrected chi connectivity index (χ0v) is 14.8. The van der Waals surface area contributed by atoms with Crippen molar-refractivity contribution in [2.45, 2.75) is 40.0 Å². The summed E-state index contributed by atoms with van der Waals surface area (Å²) >= 11 is 0. The van der Waals surface area contributed by atoms with Crippen LogP contribution in [0.25, 0.3) is 0 Å². The van der Waals surface area contributed by atoms with Crippen molar-refractivity contribution < 1.29 is 14.3 Å². The first kappa shape index (κ1) is 20.3. The lowest BCUT2D eigenvalue weighted by molar-refractivity contribution is 0.103. The first-order valence-corrected chi connectivity index (χ1v) is 7.95. The first-order valence-electron chi connectivity index (χ1n) is 7.95. The lowest BCUT2D eigenvalue weighted by Gasteiger charge is -2.05. The maximum Gasteiger partial charge on any atom is 0.226 e. The van der Waals surface area contributed by atoms with Crippen LogP contribution in [0.15, 0.2) is 65.5 Å². The van der Waals surface area contributed by atoms with E-state index in [4.69, 9.17) is 0 Å². The van der Waals surface area contributed by atoms with E-state index in [1.807, 2.05) is 13.0 Å². The fourth-order valence-electron chi connectivity index (χ4n) is 1.97. The number of carbonyl (C=O) groups is 1. The number of allylic oxidation sites excluding steroid dienone is 8. The van der Waals surface area contributed by atoms with Gasteiger partial charge in [0, 0.05) is 12.5 Å². The van der Waals surface area contributed by atoms with E-state index in [1.165, 1.54) is 12.4 Å². The minimum atomic E-state index is -0.456. The Labute approximate surface area is 147 Å². The van der Waals surface area contributed by atoms with Crippen molar-refractivity contribution in [2.24, 2.45) is 0 Å². The van der Waals surface area contributed by atoms with Crippen molar-refractivity contribution in [3.63, 3.8) is 0 Å². The van der Waals surface area contributed by atoms with E-state index in [-0.39, 0.29) is 17.4 Å². The molecule has 0 amide bonds. The van der Waals surface area contributed by atoms with Crippen LogP contribution in [0.5, 0.6) is 0 Å². The highest BCUT2D eigenvalue weighted by molar-refractivity contribution is 6.02. The van der Waals surface area contributed by atoms with Crippen molar-refractivity contribution in [1.29, 1.82) is 0 Å². The number of hydrogen-bond acceptors (Lipinski definition) is 4. The third-order valence-electron chi connectivity index (χ3n) is 3.50. The van der Waals surface area contributed by atoms with Gasteiger partial charge in [0.1, 0.15) is 12.1 Å². The van der Waals surface area contributed by atoms with Gasteiger partial charge in [-0.15, -0.1) is 0 Å². The summed E-state index contributed by atoms with van der Waals surface area (Å²) < 4.78 is 13.1. The molecule has 0 radical (unpaired) electrons. The van der Waals surface area contributed by atoms with Crippen LogP contribution in [0, 0.1) is 0 Å². The molecule has 0 fully saturated rings. The number of nitrogens with zero attached hydrogens (tertiary/aromatic N) is 2. The first-order chi connectivity index (χ1) is 11.8. The molecule has 25 heavy (non-hydrogen) atoms. The number of aromatic nitrogens is 3. The number of rotatable bonds is 9. The summed E-state index contributed by atoms with van der Waals surface area (Å²) in [5.41, 5.74) is 2.51. The van der Waals surface area contributed by atoms with Crippen LogP contribution >= 0.6 is 0 Å². The van der Waals surface area contributed by atoms with Gasteiger partial charge in [-0.3, -0.25) is 9.89 Å². The summed E-state index contributed by atoms with van der Waals surface area (Å²) in [6.45, 7) is 9.25. The lowest BCUT2D eigenvalue weighted by atomic mass is 10.0. The minimum Gasteiger partial charge on any atom is -0.508 e. The van der Waals surface area contributed by atoms with Gasteiger partial charge in [-0.05, 0) is 39.2 Å². The van der Waals surface area contributed by atoms with E-state index < -0.39 is 5.78 Å². The van der Waals surface area contributed by atoms with E-state index in [2.05, 4.69) is 21.8 Å². The third kappa shape index (κ3) is 7.56. The molecular weight excluding hydrogens is 321 g/mol. The SMILES string of the molecule is C=C(CC/C(F)=C\C)C/C(C)=C/C=C(\C)C(O)=CC(=O)c1ncn[nH]1. The Balaban J connectivity index is 2.63. The summed E-state index contributed by atoms with van der Waals surface area (Å²) in [5, 5.41) is 16.0. The van der Waals surface area contributed by atoms with E-state index in [1.54, 1.807) is 19.9 Å². The number of aliphatic hydroxyl groups is 1. The Kier molecular flexibility index (Phi) is 8.26. The number of H-pyrrole nitrogens is 1. The zero-order valence-electron chi connectivity index (χ0n) is 14.8. The van der Waals surface area contributed by atoms with Crippen LogP contribution in [0.3, 0.4) is 0 Å². The second-order valence-corrected chi connectivity index (χ2v) is 5.75. The third-order valence-corrected chi connectivity index (χ3v) is 3.50. The highest BCUT2D eigenvalue weighted by Crippen LogP contribution is 2.18. The van der Waals surface area contributed by atoms with Crippen LogP contribution in [-0.4, -0.2) is 26.1 Å². The molecule has 0 saturated heterocycles. The standard InChI is InChI=1S/C19H24FN3O2/c1-5-16(20)9-7-14(3)10-13(2)6-8-15(4)17(24)11-18(25)19-21-12-22-23-19/h5-6,8,11-12,24H,3,7,9-10H2,1-2,4H3,(H,21,22,23)/b13-6+,15-8+,16-5+,17-11?. The van der Waals surface area contributed by atoms with Crippen molar-refractivity contribution in [2.75, 3.05) is 0 Å². The molecule has 0 bridgehead atoms. The highest BCUT2D eigenvalue weighted by Gasteiger charge is 2.08. The van der Waals surface area contributed by atoms with Gasteiger partial charge in [-0.2, -0.15) is 5.10 Å². The number of halogens is 1. The molecule has 0 atom stereocenters. The normalized spacial score (nSPS) is 13.9. The van der Waals surface area contributed by atoms with E-state index in [0.717, 1.165) is 17.2 Å². The molecule has 0 spiro atoms. The molecule has 0 saturated carbocycles. The molecule has 1 aromatic heterocycles. The Bertz CT molecular complexity index is 726. The predicted octanol–water partition coefficient (Wildman–Crippen LogP) is 4.92. The molecular formula is C19H24FN3O2. The van der Waals surface area contributed by atoms with Crippen LogP contribution in [0.1, 0.15) is 50.7 Å². The number of aliphatic hydroxyl groups excluding tert-OH is 1. The van der Waals surface area contributed by atoms with Crippen molar-refractivity contribution in [3.8, 4) is 0 Å². The summed E-state index contributed by atoms with van der Waals surface area (Å²) in [6.07, 6.45) is 8.95. The second-order valence-electron chi connectivity index (χ2n) is 5.75. The summed E-state index contributed by atoms with van der Waals surface area (Å²) in [5.74, 6) is -0.664. The largest absolute Gasteiger partial charge is 0.508 e. The van der Waals surface area contributed by atoms with E-state index in [9.17, 15) is 14.3 Å². The van der Waals surface area contributed by atoms with Gasteiger partial charge in [0.25, 0.3) is 0 Å². The molecule has 134 valence electrons. The van der Waals surface area contributed by atoms with Crippen molar-refractivity contribution in [3.05, 3.63) is 71.3 Å². The van der Waals surface area contributed by atoms with Gasteiger partial charge < -0.3 is 5.11 Å². The van der Waals surface area contributed by atoms with Crippen molar-refractivity contribution >= 4 is 5.78 Å². The molecule has 6 heteroatoms. The van der Waals surface area contributed by atoms with E-state index >= 15 is 0 Å². The van der Waals surface area contributed by atoms with Crippen LogP contribution in [0.4, 0.5) is 4.39 Å². The van der Waals surface area contributed by atoms with Gasteiger partial charge >= 0.3 is 0 Å². The molecule has 1 rings (SSSR count). The fraction of sp³-hybridized carbons (Fsp3) is 0.316. The second kappa shape index (κ2) is 10.2. The number of carbonyl (C=O) groups excluding carboxylic acids is 1. The quantitative estimate of drug-likeness (QED) is 0.219. The smallest absolute Gasteiger partial charge is 0.226 e. The maximum absolute atomic E-state index is 13.1. The van der Waals surface area contributed by atoms with Crippen molar-refractivity contribution in [1.82, 2.24) is 15.2 Å². The molecule has 1 heterocycles. The summed E-state index contributed by atoms with van der Waals surface area (Å²) in [7, 11) is 0. The zero-order chi connectivity index (χ0) is 18.8. The number of ketones is 1. The van der Waals surface area contributed by atoms with Gasteiger partial charge in [-0.25, -0.2) is 9.37 Å². The number of hydrogen-bond donors (Lipinski definition) is 2. The van der Waals surface area contributed by atoms with Gasteiger partial charge in [0.2, 0.25) is 5.78 Å². The lowest BCUT2D eigenvalue weighted by Crippen LogP contribution is -2.00. The number of aromatic amines is 1. The van der Waals surface area contributed by atoms with Crippen LogP contribution < -0.4 is 0 Å². The topological polar surface area (TPSA) is 78.9 Å². The average Bonchev–Trinajstić information content (AvgIpc) is 3.12. The molecule has 0 unspecified atom stereocenters. The average molecular weight is 345 g/mol. The summed E-state index contributed by atoms with van der Waals surface area (Å²) in [4.78, 5) is 15.5. The van der Waals surface area contributed by atoms with Gasteiger partial charge in [0.15, 0.2) is 5.82 Å². The van der Waals surface area contributed by atoms with Gasteiger partial charge in [-0.1, -0.05) is 36.0 Å². The molecule has 0 aromatic carbocycles. The van der Waals surface area contributed by atoms with Crippen LogP contribution in [0.2, 0.25) is 0 Å². The molecule has 0 aliphatic heterocycles. The predicted molar refractivity (Wildman–Crippen MR) is 96.8 cm³/mol. The van der Waals surface area contributed by atoms with Gasteiger partial charge in [0.05, 0.1) is 5.83 Å². The molecule has 1 aromatic rings. The molecule has 0 aliphatic rings. The maximum atomic E-state index is 13.1. The Morgan fingerprint density at radius 1 is 1.36 bits per heavy atom. The molecule has 2 N–H and O–H groups in total. The minimum absolute atomic E-state index is 0.0655. The highest BCUT2D eigenvalue weighted by atomic mass is 19.1. The molecule has 5 nitrogen and oxygen atoms in total. The molecule has 0 aliphatic carbocycles.